The normalized spacial score (nSPS) is 20.1. The summed E-state index contributed by atoms with van der Waals surface area (Å²) in [6.45, 7) is 3.92. The molecule has 1 fully saturated rings. The predicted octanol–water partition coefficient (Wildman–Crippen LogP) is 2.70. The van der Waals surface area contributed by atoms with Crippen LogP contribution in [0.2, 0.25) is 0 Å². The van der Waals surface area contributed by atoms with E-state index in [9.17, 15) is 14.7 Å². The van der Waals surface area contributed by atoms with Crippen molar-refractivity contribution in [2.75, 3.05) is 6.61 Å². The molecule has 1 saturated heterocycles. The molecule has 1 heterocycles. The smallest absolute Gasteiger partial charge is 0.409 e. The molecule has 0 unspecified atom stereocenters. The van der Waals surface area contributed by atoms with E-state index in [1.54, 1.807) is 26.0 Å². The number of isocyanates is 1. The highest BCUT2D eigenvalue weighted by Crippen LogP contribution is 2.29. The van der Waals surface area contributed by atoms with Gasteiger partial charge in [0.2, 0.25) is 6.08 Å². The van der Waals surface area contributed by atoms with Crippen LogP contribution in [-0.4, -0.2) is 40.6 Å². The van der Waals surface area contributed by atoms with E-state index >= 15 is 0 Å². The van der Waals surface area contributed by atoms with Crippen molar-refractivity contribution in [1.29, 1.82) is 0 Å². The number of carboxylic acid groups (broad SMARTS) is 1. The van der Waals surface area contributed by atoms with E-state index < -0.39 is 11.8 Å². The van der Waals surface area contributed by atoms with E-state index in [-0.39, 0.29) is 6.04 Å². The van der Waals surface area contributed by atoms with Crippen LogP contribution in [0.25, 0.3) is 0 Å². The van der Waals surface area contributed by atoms with Crippen molar-refractivity contribution in [3.63, 3.8) is 0 Å². The molecule has 6 heteroatoms. The number of aliphatic imine (C=N–C) groups is 1. The van der Waals surface area contributed by atoms with E-state index in [0.717, 1.165) is 12.0 Å². The van der Waals surface area contributed by atoms with Crippen LogP contribution in [0.15, 0.2) is 29.3 Å². The van der Waals surface area contributed by atoms with Gasteiger partial charge in [0.25, 0.3) is 0 Å². The summed E-state index contributed by atoms with van der Waals surface area (Å²) in [5.74, 6) is 0. The SMILES string of the molecule is CC1(C)OC[C@H](CCc2ccc(N=C=O)cc2)N1C(=O)O. The molecule has 0 radical (unpaired) electrons. The summed E-state index contributed by atoms with van der Waals surface area (Å²) >= 11 is 0. The van der Waals surface area contributed by atoms with Crippen LogP contribution >= 0.6 is 0 Å². The third-order valence-electron chi connectivity index (χ3n) is 3.66. The van der Waals surface area contributed by atoms with Gasteiger partial charge in [-0.25, -0.2) is 9.59 Å². The number of rotatable bonds is 4. The molecule has 0 spiro atoms. The Morgan fingerprint density at radius 1 is 1.48 bits per heavy atom. The number of nitrogens with zero attached hydrogens (tertiary/aromatic N) is 2. The van der Waals surface area contributed by atoms with Crippen molar-refractivity contribution >= 4 is 17.9 Å². The molecule has 112 valence electrons. The lowest BCUT2D eigenvalue weighted by Crippen LogP contribution is -2.47. The lowest BCUT2D eigenvalue weighted by Gasteiger charge is -2.30. The van der Waals surface area contributed by atoms with Crippen molar-refractivity contribution in [2.24, 2.45) is 4.99 Å². The molecule has 1 aromatic carbocycles. The van der Waals surface area contributed by atoms with Gasteiger partial charge in [0.15, 0.2) is 0 Å². The largest absolute Gasteiger partial charge is 0.465 e. The molecule has 1 amide bonds. The lowest BCUT2D eigenvalue weighted by atomic mass is 10.0. The van der Waals surface area contributed by atoms with Crippen LogP contribution in [0.4, 0.5) is 10.5 Å². The molecule has 21 heavy (non-hydrogen) atoms. The monoisotopic (exact) mass is 290 g/mol. The van der Waals surface area contributed by atoms with Crippen molar-refractivity contribution in [3.8, 4) is 0 Å². The molecule has 1 atom stereocenters. The number of carbonyl (C=O) groups excluding carboxylic acids is 1. The first-order valence-electron chi connectivity index (χ1n) is 6.77. The molecule has 0 bridgehead atoms. The fourth-order valence-electron chi connectivity index (χ4n) is 2.61. The maximum absolute atomic E-state index is 11.4. The van der Waals surface area contributed by atoms with E-state index in [4.69, 9.17) is 4.74 Å². The predicted molar refractivity (Wildman–Crippen MR) is 76.2 cm³/mol. The molecule has 0 saturated carbocycles. The summed E-state index contributed by atoms with van der Waals surface area (Å²) in [7, 11) is 0. The van der Waals surface area contributed by atoms with E-state index in [0.29, 0.717) is 18.7 Å². The topological polar surface area (TPSA) is 79.2 Å². The minimum atomic E-state index is -0.960. The van der Waals surface area contributed by atoms with Crippen molar-refractivity contribution in [3.05, 3.63) is 29.8 Å². The highest BCUT2D eigenvalue weighted by atomic mass is 16.5. The zero-order chi connectivity index (χ0) is 15.5. The van der Waals surface area contributed by atoms with Gasteiger partial charge in [-0.15, -0.1) is 0 Å². The van der Waals surface area contributed by atoms with E-state index in [1.165, 1.54) is 11.0 Å². The van der Waals surface area contributed by atoms with Gasteiger partial charge in [0.05, 0.1) is 18.3 Å². The first-order valence-corrected chi connectivity index (χ1v) is 6.77. The average molecular weight is 290 g/mol. The van der Waals surface area contributed by atoms with Crippen LogP contribution in [0.1, 0.15) is 25.8 Å². The molecule has 0 aromatic heterocycles. The molecular formula is C15H18N2O4. The standard InChI is InChI=1S/C15H18N2O4/c1-15(2)17(14(19)20)13(9-21-15)8-5-11-3-6-12(7-4-11)16-10-18/h3-4,6-7,13H,5,8-9H2,1-2H3,(H,19,20)/t13-/m0/s1. The third kappa shape index (κ3) is 3.48. The Bertz CT molecular complexity index is 562. The summed E-state index contributed by atoms with van der Waals surface area (Å²) in [5, 5.41) is 9.31. The van der Waals surface area contributed by atoms with Gasteiger partial charge < -0.3 is 9.84 Å². The van der Waals surface area contributed by atoms with E-state index in [2.05, 4.69) is 4.99 Å². The number of hydrogen-bond donors (Lipinski definition) is 1. The van der Waals surface area contributed by atoms with Crippen LogP contribution in [-0.2, 0) is 16.0 Å². The van der Waals surface area contributed by atoms with Gasteiger partial charge in [-0.2, -0.15) is 4.99 Å². The fraction of sp³-hybridized carbons (Fsp3) is 0.467. The second-order valence-corrected chi connectivity index (χ2v) is 5.47. The third-order valence-corrected chi connectivity index (χ3v) is 3.66. The summed E-state index contributed by atoms with van der Waals surface area (Å²) in [4.78, 5) is 26.4. The molecular weight excluding hydrogens is 272 g/mol. The number of hydrogen-bond acceptors (Lipinski definition) is 4. The minimum absolute atomic E-state index is 0.148. The Morgan fingerprint density at radius 2 is 2.14 bits per heavy atom. The van der Waals surface area contributed by atoms with Crippen LogP contribution in [0.3, 0.4) is 0 Å². The first kappa shape index (κ1) is 15.2. The Balaban J connectivity index is 1.99. The fourth-order valence-corrected chi connectivity index (χ4v) is 2.61. The lowest BCUT2D eigenvalue weighted by molar-refractivity contribution is -0.0421. The maximum Gasteiger partial charge on any atom is 0.409 e. The maximum atomic E-state index is 11.4. The summed E-state index contributed by atoms with van der Waals surface area (Å²) in [6.07, 6.45) is 1.96. The highest BCUT2D eigenvalue weighted by molar-refractivity contribution is 5.66. The molecule has 0 aliphatic carbocycles. The molecule has 1 aliphatic heterocycles. The van der Waals surface area contributed by atoms with Crippen molar-refractivity contribution < 1.29 is 19.4 Å². The molecule has 2 rings (SSSR count). The zero-order valence-corrected chi connectivity index (χ0v) is 12.1. The zero-order valence-electron chi connectivity index (χ0n) is 12.1. The number of aryl methyl sites for hydroxylation is 1. The van der Waals surface area contributed by atoms with Crippen molar-refractivity contribution in [1.82, 2.24) is 4.90 Å². The minimum Gasteiger partial charge on any atom is -0.465 e. The van der Waals surface area contributed by atoms with Gasteiger partial charge in [0, 0.05) is 0 Å². The summed E-state index contributed by atoms with van der Waals surface area (Å²) in [5.41, 5.74) is 0.847. The second kappa shape index (κ2) is 6.08. The average Bonchev–Trinajstić information content (AvgIpc) is 2.73. The number of amides is 1. The Morgan fingerprint density at radius 3 is 2.71 bits per heavy atom. The molecule has 1 N–H and O–H groups in total. The van der Waals surface area contributed by atoms with Gasteiger partial charge in [-0.05, 0) is 44.4 Å². The van der Waals surface area contributed by atoms with E-state index in [1.807, 2.05) is 12.1 Å². The van der Waals surface area contributed by atoms with Gasteiger partial charge in [0.1, 0.15) is 5.72 Å². The van der Waals surface area contributed by atoms with Crippen LogP contribution in [0, 0.1) is 0 Å². The Hall–Kier alpha value is -2.17. The Labute approximate surface area is 123 Å². The number of carbonyl (C=O) groups is 1. The first-order chi connectivity index (χ1) is 9.94. The Kier molecular flexibility index (Phi) is 4.40. The molecule has 1 aliphatic rings. The highest BCUT2D eigenvalue weighted by Gasteiger charge is 2.43. The number of benzene rings is 1. The summed E-state index contributed by atoms with van der Waals surface area (Å²) < 4.78 is 5.55. The van der Waals surface area contributed by atoms with Gasteiger partial charge in [-0.3, -0.25) is 4.90 Å². The summed E-state index contributed by atoms with van der Waals surface area (Å²) in [6, 6.07) is 7.09. The van der Waals surface area contributed by atoms with Gasteiger partial charge in [-0.1, -0.05) is 12.1 Å². The number of ether oxygens (including phenoxy) is 1. The van der Waals surface area contributed by atoms with Crippen LogP contribution < -0.4 is 0 Å². The van der Waals surface area contributed by atoms with Gasteiger partial charge >= 0.3 is 6.09 Å². The van der Waals surface area contributed by atoms with Crippen LogP contribution in [0.5, 0.6) is 0 Å². The quantitative estimate of drug-likeness (QED) is 0.683. The molecule has 6 nitrogen and oxygen atoms in total. The van der Waals surface area contributed by atoms with Crippen molar-refractivity contribution in [2.45, 2.75) is 38.5 Å². The molecule has 1 aromatic rings. The second-order valence-electron chi connectivity index (χ2n) is 5.47.